The van der Waals surface area contributed by atoms with Crippen LogP contribution in [-0.2, 0) is 11.3 Å². The highest BCUT2D eigenvalue weighted by Crippen LogP contribution is 2.29. The van der Waals surface area contributed by atoms with Crippen molar-refractivity contribution in [2.24, 2.45) is 4.40 Å². The molecule has 0 bridgehead atoms. The fourth-order valence-corrected chi connectivity index (χ4v) is 4.05. The molecule has 128 valence electrons. The average Bonchev–Trinajstić information content (AvgIpc) is 3.11. The molecule has 0 N–H and O–H groups in total. The van der Waals surface area contributed by atoms with Gasteiger partial charge in [-0.15, -0.1) is 12.4 Å². The predicted molar refractivity (Wildman–Crippen MR) is 101 cm³/mol. The zero-order valence-corrected chi connectivity index (χ0v) is 15.3. The lowest BCUT2D eigenvalue weighted by molar-refractivity contribution is 0.236. The lowest BCUT2D eigenvalue weighted by Gasteiger charge is -2.22. The van der Waals surface area contributed by atoms with Crippen LogP contribution in [0.1, 0.15) is 50.5 Å². The summed E-state index contributed by atoms with van der Waals surface area (Å²) in [4.78, 5) is 2.30. The second kappa shape index (κ2) is 10.1. The number of ether oxygens (including phenoxy) is 1. The maximum Gasteiger partial charge on any atom is 0.299 e. The zero-order chi connectivity index (χ0) is 15.0. The minimum atomic E-state index is 0. The molecule has 23 heavy (non-hydrogen) atoms. The van der Waals surface area contributed by atoms with Gasteiger partial charge in [0.1, 0.15) is 6.61 Å². The molecular weight excluding hydrogens is 328 g/mol. The molecule has 1 aliphatic heterocycles. The van der Waals surface area contributed by atoms with E-state index in [1.807, 2.05) is 6.07 Å². The lowest BCUT2D eigenvalue weighted by atomic mass is 10.0. The number of nitrogens with zero attached hydrogens (tertiary/aromatic N) is 2. The van der Waals surface area contributed by atoms with E-state index in [0.717, 1.165) is 19.1 Å². The summed E-state index contributed by atoms with van der Waals surface area (Å²) in [6, 6.07) is 11.2. The van der Waals surface area contributed by atoms with Crippen molar-refractivity contribution >= 4 is 30.4 Å². The van der Waals surface area contributed by atoms with Gasteiger partial charge in [0.25, 0.3) is 6.02 Å². The van der Waals surface area contributed by atoms with Crippen molar-refractivity contribution in [3.8, 4) is 0 Å². The van der Waals surface area contributed by atoms with Crippen LogP contribution in [0.15, 0.2) is 34.7 Å². The minimum absolute atomic E-state index is 0. The first-order valence-electron chi connectivity index (χ1n) is 8.57. The molecule has 2 fully saturated rings. The van der Waals surface area contributed by atoms with Crippen LogP contribution in [0.4, 0.5) is 0 Å². The van der Waals surface area contributed by atoms with Crippen molar-refractivity contribution in [3.63, 3.8) is 0 Å². The molecule has 0 aromatic heterocycles. The molecule has 0 spiro atoms. The van der Waals surface area contributed by atoms with Gasteiger partial charge in [0.05, 0.1) is 0 Å². The van der Waals surface area contributed by atoms with Crippen LogP contribution < -0.4 is 0 Å². The first-order chi connectivity index (χ1) is 10.9. The summed E-state index contributed by atoms with van der Waals surface area (Å²) in [6.07, 6.45) is 9.22. The van der Waals surface area contributed by atoms with Gasteiger partial charge in [0, 0.05) is 18.3 Å². The van der Waals surface area contributed by atoms with Crippen molar-refractivity contribution in [2.45, 2.75) is 56.8 Å². The topological polar surface area (TPSA) is 24.8 Å². The van der Waals surface area contributed by atoms with Crippen LogP contribution in [0.3, 0.4) is 0 Å². The van der Waals surface area contributed by atoms with E-state index in [9.17, 15) is 0 Å². The normalized spacial score (nSPS) is 19.5. The monoisotopic (exact) mass is 354 g/mol. The Hall–Kier alpha value is -0.870. The Morgan fingerprint density at radius 1 is 1.04 bits per heavy atom. The van der Waals surface area contributed by atoms with E-state index in [0.29, 0.717) is 11.9 Å². The van der Waals surface area contributed by atoms with Crippen LogP contribution in [0, 0.1) is 0 Å². The first kappa shape index (κ1) is 18.5. The molecule has 3 rings (SSSR count). The second-order valence-corrected chi connectivity index (χ2v) is 7.27. The molecule has 0 atom stereocenters. The van der Waals surface area contributed by atoms with E-state index in [-0.39, 0.29) is 12.4 Å². The molecule has 1 aromatic carbocycles. The Kier molecular flexibility index (Phi) is 8.10. The molecule has 1 saturated carbocycles. The number of hydrogen-bond donors (Lipinski definition) is 0. The molecular formula is C18H27ClN2OS. The van der Waals surface area contributed by atoms with E-state index >= 15 is 0 Å². The summed E-state index contributed by atoms with van der Waals surface area (Å²) in [7, 11) is 0. The van der Waals surface area contributed by atoms with E-state index in [1.54, 1.807) is 11.9 Å². The third-order valence-electron chi connectivity index (χ3n) is 4.42. The molecule has 1 aromatic rings. The summed E-state index contributed by atoms with van der Waals surface area (Å²) in [6.45, 7) is 2.78. The predicted octanol–water partition coefficient (Wildman–Crippen LogP) is 5.06. The molecule has 0 radical (unpaired) electrons. The van der Waals surface area contributed by atoms with Gasteiger partial charge in [0.15, 0.2) is 0 Å². The number of likely N-dealkylation sites (tertiary alicyclic amines) is 1. The van der Waals surface area contributed by atoms with E-state index < -0.39 is 0 Å². The minimum Gasteiger partial charge on any atom is -0.460 e. The summed E-state index contributed by atoms with van der Waals surface area (Å²) < 4.78 is 10.8. The van der Waals surface area contributed by atoms with Crippen LogP contribution >= 0.6 is 24.4 Å². The smallest absolute Gasteiger partial charge is 0.299 e. The van der Waals surface area contributed by atoms with Crippen molar-refractivity contribution in [2.75, 3.05) is 13.1 Å². The van der Waals surface area contributed by atoms with Crippen molar-refractivity contribution in [1.82, 2.24) is 4.90 Å². The standard InChI is InChI=1S/C18H26N2OS.ClH/c1-3-9-16(10-4-1)15-21-18(20-13-7-8-14-20)19-22-17-11-5-2-6-12-17;/h1,3-4,9-10,17H,2,5-8,11-15H2;1H/b19-18+;. The van der Waals surface area contributed by atoms with Gasteiger partial charge >= 0.3 is 0 Å². The molecule has 2 aliphatic rings. The fraction of sp³-hybridized carbons (Fsp3) is 0.611. The summed E-state index contributed by atoms with van der Waals surface area (Å²) >= 11 is 1.75. The number of halogens is 1. The van der Waals surface area contributed by atoms with Crippen LogP contribution in [0.5, 0.6) is 0 Å². The summed E-state index contributed by atoms with van der Waals surface area (Å²) in [5, 5.41) is 0.687. The fourth-order valence-electron chi connectivity index (χ4n) is 3.10. The maximum atomic E-state index is 6.06. The highest BCUT2D eigenvalue weighted by Gasteiger charge is 2.20. The Morgan fingerprint density at radius 2 is 1.74 bits per heavy atom. The largest absolute Gasteiger partial charge is 0.460 e. The molecule has 5 heteroatoms. The van der Waals surface area contributed by atoms with Crippen molar-refractivity contribution < 1.29 is 4.74 Å². The Bertz CT molecular complexity index is 471. The van der Waals surface area contributed by atoms with Crippen LogP contribution in [0.2, 0.25) is 0 Å². The van der Waals surface area contributed by atoms with Gasteiger partial charge in [-0.05, 0) is 43.2 Å². The summed E-state index contributed by atoms with van der Waals surface area (Å²) in [5.41, 5.74) is 1.21. The van der Waals surface area contributed by atoms with Crippen molar-refractivity contribution in [3.05, 3.63) is 35.9 Å². The molecule has 1 aliphatic carbocycles. The highest BCUT2D eigenvalue weighted by atomic mass is 35.5. The molecule has 0 amide bonds. The van der Waals surface area contributed by atoms with Gasteiger partial charge in [-0.2, -0.15) is 4.40 Å². The third-order valence-corrected chi connectivity index (χ3v) is 5.45. The molecule has 1 heterocycles. The SMILES string of the molecule is Cl.c1ccc(CO/C(=N/SC2CCCCC2)N2CCCC2)cc1. The van der Waals surface area contributed by atoms with Crippen LogP contribution in [0.25, 0.3) is 0 Å². The molecule has 0 unspecified atom stereocenters. The average molecular weight is 355 g/mol. The number of amidine groups is 1. The highest BCUT2D eigenvalue weighted by molar-refractivity contribution is 7.98. The number of rotatable bonds is 4. The van der Waals surface area contributed by atoms with E-state index in [2.05, 4.69) is 29.2 Å². The number of hydrogen-bond acceptors (Lipinski definition) is 3. The third kappa shape index (κ3) is 5.92. The zero-order valence-electron chi connectivity index (χ0n) is 13.7. The Labute approximate surface area is 150 Å². The van der Waals surface area contributed by atoms with Gasteiger partial charge in [0.2, 0.25) is 0 Å². The van der Waals surface area contributed by atoms with Gasteiger partial charge in [-0.25, -0.2) is 0 Å². The lowest BCUT2D eigenvalue weighted by Crippen LogP contribution is -2.30. The van der Waals surface area contributed by atoms with E-state index in [4.69, 9.17) is 9.13 Å². The van der Waals surface area contributed by atoms with E-state index in [1.165, 1.54) is 50.5 Å². The van der Waals surface area contributed by atoms with Crippen LogP contribution in [-0.4, -0.2) is 29.3 Å². The molecule has 3 nitrogen and oxygen atoms in total. The Balaban J connectivity index is 0.00000192. The van der Waals surface area contributed by atoms with Gasteiger partial charge in [-0.3, -0.25) is 0 Å². The van der Waals surface area contributed by atoms with Gasteiger partial charge < -0.3 is 9.64 Å². The Morgan fingerprint density at radius 3 is 2.43 bits per heavy atom. The van der Waals surface area contributed by atoms with Gasteiger partial charge in [-0.1, -0.05) is 49.6 Å². The second-order valence-electron chi connectivity index (χ2n) is 6.21. The van der Waals surface area contributed by atoms with Crippen molar-refractivity contribution in [1.29, 1.82) is 0 Å². The summed E-state index contributed by atoms with van der Waals surface area (Å²) in [5.74, 6) is 0. The molecule has 1 saturated heterocycles. The first-order valence-corrected chi connectivity index (χ1v) is 9.41. The number of benzene rings is 1. The quantitative estimate of drug-likeness (QED) is 0.429. The maximum absolute atomic E-state index is 6.06.